The van der Waals surface area contributed by atoms with E-state index in [4.69, 9.17) is 0 Å². The van der Waals surface area contributed by atoms with Gasteiger partial charge in [0.05, 0.1) is 0 Å². The van der Waals surface area contributed by atoms with Gasteiger partial charge in [0.25, 0.3) is 0 Å². The lowest BCUT2D eigenvalue weighted by Crippen LogP contribution is -1.87. The highest BCUT2D eigenvalue weighted by Gasteiger charge is 1.91. The van der Waals surface area contributed by atoms with E-state index >= 15 is 0 Å². The molecule has 0 aliphatic rings. The summed E-state index contributed by atoms with van der Waals surface area (Å²) < 4.78 is 0. The smallest absolute Gasteiger partial charge is 0.147 e. The molecule has 0 unspecified atom stereocenters. The van der Waals surface area contributed by atoms with Crippen LogP contribution in [0.1, 0.15) is 5.30 Å². The largest absolute Gasteiger partial charge is 0.298 e. The van der Waals surface area contributed by atoms with Gasteiger partial charge in [0, 0.05) is 10.8 Å². The maximum Gasteiger partial charge on any atom is 0.147 e. The number of hydrogen-bond acceptors (Lipinski definition) is 1. The van der Waals surface area contributed by atoms with Crippen molar-refractivity contribution in [2.45, 2.75) is 6.92 Å². The van der Waals surface area contributed by atoms with E-state index in [9.17, 15) is 4.79 Å². The first kappa shape index (κ1) is 9.01. The third-order valence-corrected chi connectivity index (χ3v) is 5.03. The van der Waals surface area contributed by atoms with Crippen molar-refractivity contribution in [3.05, 3.63) is 16.9 Å². The molecule has 0 saturated heterocycles. The SMILES string of the molecule is Cc1pccpc1P=CC=O. The molecule has 1 rings (SSSR count). The van der Waals surface area contributed by atoms with Crippen molar-refractivity contribution in [2.75, 3.05) is 0 Å². The van der Waals surface area contributed by atoms with Crippen molar-refractivity contribution in [1.82, 2.24) is 0 Å². The Labute approximate surface area is 70.9 Å². The highest BCUT2D eigenvalue weighted by atomic mass is 31.1. The molecule has 1 heterocycles. The van der Waals surface area contributed by atoms with Gasteiger partial charge in [0.15, 0.2) is 0 Å². The summed E-state index contributed by atoms with van der Waals surface area (Å²) in [5.41, 5.74) is 0. The first-order chi connectivity index (χ1) is 5.34. The first-order valence-corrected chi connectivity index (χ1v) is 5.99. The molecule has 0 atom stereocenters. The molecule has 0 saturated carbocycles. The van der Waals surface area contributed by atoms with Crippen LogP contribution in [0.5, 0.6) is 0 Å². The highest BCUT2D eigenvalue weighted by molar-refractivity contribution is 7.63. The molecule has 4 heteroatoms. The fraction of sp³-hybridized carbons (Fsp3) is 0.143. The van der Waals surface area contributed by atoms with Crippen LogP contribution >= 0.6 is 24.6 Å². The molecule has 1 aromatic rings. The molecule has 0 bridgehead atoms. The number of hydrogen-bond donors (Lipinski definition) is 0. The van der Waals surface area contributed by atoms with Crippen LogP contribution in [0.3, 0.4) is 0 Å². The summed E-state index contributed by atoms with van der Waals surface area (Å²) >= 11 is 0. The minimum absolute atomic E-state index is 0.854. The predicted molar refractivity (Wildman–Crippen MR) is 54.9 cm³/mol. The molecule has 0 amide bonds. The Morgan fingerprint density at radius 3 is 2.82 bits per heavy atom. The van der Waals surface area contributed by atoms with Crippen LogP contribution in [0, 0.1) is 6.92 Å². The number of carbonyl (C=O) groups is 1. The second-order valence-electron chi connectivity index (χ2n) is 1.88. The summed E-state index contributed by atoms with van der Waals surface area (Å²) in [6, 6.07) is 0. The molecule has 0 aliphatic heterocycles. The van der Waals surface area contributed by atoms with E-state index in [-0.39, 0.29) is 0 Å². The van der Waals surface area contributed by atoms with Gasteiger partial charge in [-0.15, -0.1) is 0 Å². The zero-order valence-electron chi connectivity index (χ0n) is 6.06. The third-order valence-electron chi connectivity index (χ3n) is 1.11. The fourth-order valence-electron chi connectivity index (χ4n) is 0.628. The maximum atomic E-state index is 10.0. The van der Waals surface area contributed by atoms with E-state index in [0.717, 1.165) is 14.5 Å². The van der Waals surface area contributed by atoms with Crippen molar-refractivity contribution in [3.63, 3.8) is 0 Å². The lowest BCUT2D eigenvalue weighted by atomic mass is 10.7. The van der Waals surface area contributed by atoms with Crippen molar-refractivity contribution >= 4 is 41.7 Å². The van der Waals surface area contributed by atoms with Gasteiger partial charge in [-0.1, -0.05) is 24.6 Å². The average Bonchev–Trinajstić information content (AvgIpc) is 2.03. The first-order valence-electron chi connectivity index (χ1n) is 3.10. The maximum absolute atomic E-state index is 10.0. The molecule has 0 aliphatic carbocycles. The van der Waals surface area contributed by atoms with E-state index < -0.39 is 0 Å². The third kappa shape index (κ3) is 2.80. The second kappa shape index (κ2) is 4.73. The molecular weight excluding hydrogens is 193 g/mol. The van der Waals surface area contributed by atoms with Crippen molar-refractivity contribution in [3.8, 4) is 0 Å². The van der Waals surface area contributed by atoms with Gasteiger partial charge in [0.2, 0.25) is 0 Å². The van der Waals surface area contributed by atoms with Gasteiger partial charge in [-0.25, -0.2) is 0 Å². The van der Waals surface area contributed by atoms with Crippen molar-refractivity contribution in [2.24, 2.45) is 0 Å². The van der Waals surface area contributed by atoms with Gasteiger partial charge >= 0.3 is 0 Å². The topological polar surface area (TPSA) is 17.1 Å². The Bertz CT molecular complexity index is 283. The number of aryl methyl sites for hydroxylation is 1. The minimum atomic E-state index is 0.854. The predicted octanol–water partition coefficient (Wildman–Crippen LogP) is 2.73. The second-order valence-corrected chi connectivity index (χ2v) is 5.47. The number of carbonyl (C=O) groups excluding carboxylic acids is 1. The molecule has 1 aromatic heterocycles. The molecule has 11 heavy (non-hydrogen) atoms. The van der Waals surface area contributed by atoms with Crippen LogP contribution in [-0.2, 0) is 4.79 Å². The summed E-state index contributed by atoms with van der Waals surface area (Å²) in [5, 5.41) is 2.70. The molecule has 0 fully saturated rings. The summed E-state index contributed by atoms with van der Waals surface area (Å²) in [5.74, 6) is 5.90. The number of rotatable bonds is 2. The number of aldehydes is 1. The molecule has 1 nitrogen and oxygen atoms in total. The van der Waals surface area contributed by atoms with Crippen LogP contribution in [0.2, 0.25) is 0 Å². The van der Waals surface area contributed by atoms with Crippen LogP contribution in [0.15, 0.2) is 11.6 Å². The molecule has 0 radical (unpaired) electrons. The van der Waals surface area contributed by atoms with Gasteiger partial charge in [-0.05, 0) is 23.8 Å². The van der Waals surface area contributed by atoms with Crippen LogP contribution in [-0.4, -0.2) is 12.1 Å². The van der Waals surface area contributed by atoms with E-state index in [1.54, 1.807) is 5.80 Å². The Morgan fingerprint density at radius 2 is 2.18 bits per heavy atom. The standard InChI is InChI=1S/C7H7OP3/c1-6-7(10-3-2-8)11-5-4-9-6/h2-5H,1H3. The average molecular weight is 200 g/mol. The minimum Gasteiger partial charge on any atom is -0.298 e. The van der Waals surface area contributed by atoms with Gasteiger partial charge < -0.3 is 0 Å². The van der Waals surface area contributed by atoms with Crippen LogP contribution < -0.4 is 5.04 Å². The van der Waals surface area contributed by atoms with Crippen LogP contribution in [0.4, 0.5) is 0 Å². The van der Waals surface area contributed by atoms with Gasteiger partial charge in [-0.3, -0.25) is 4.79 Å². The highest BCUT2D eigenvalue weighted by Crippen LogP contribution is 2.19. The zero-order valence-corrected chi connectivity index (χ0v) is 8.74. The lowest BCUT2D eigenvalue weighted by Gasteiger charge is -1.93. The summed E-state index contributed by atoms with van der Waals surface area (Å²) in [6.07, 6.45) is 0.854. The van der Waals surface area contributed by atoms with Crippen LogP contribution in [0.25, 0.3) is 0 Å². The van der Waals surface area contributed by atoms with E-state index in [0.29, 0.717) is 0 Å². The zero-order chi connectivity index (χ0) is 8.10. The quantitative estimate of drug-likeness (QED) is 0.529. The molecule has 0 spiro atoms. The molecule has 56 valence electrons. The summed E-state index contributed by atoms with van der Waals surface area (Å²) in [6.45, 7) is 2.11. The Balaban J connectivity index is 2.94. The van der Waals surface area contributed by atoms with Crippen molar-refractivity contribution in [1.29, 1.82) is 0 Å². The monoisotopic (exact) mass is 200 g/mol. The Hall–Kier alpha value is -0.0800. The summed E-state index contributed by atoms with van der Waals surface area (Å²) in [7, 11) is 3.56. The Kier molecular flexibility index (Phi) is 3.87. The Morgan fingerprint density at radius 1 is 1.45 bits per heavy atom. The van der Waals surface area contributed by atoms with E-state index in [1.165, 1.54) is 26.7 Å². The summed E-state index contributed by atoms with van der Waals surface area (Å²) in [4.78, 5) is 10.0. The normalized spacial score (nSPS) is 11.7. The lowest BCUT2D eigenvalue weighted by molar-refractivity contribution is -0.102. The van der Waals surface area contributed by atoms with E-state index in [2.05, 4.69) is 18.5 Å². The van der Waals surface area contributed by atoms with Crippen molar-refractivity contribution < 1.29 is 4.79 Å². The molecule has 0 aromatic carbocycles. The van der Waals surface area contributed by atoms with E-state index in [1.807, 2.05) is 0 Å². The molecular formula is C7H7OP3. The molecule has 0 N–H and O–H groups in total. The van der Waals surface area contributed by atoms with Gasteiger partial charge in [-0.2, -0.15) is 0 Å². The fourth-order valence-corrected chi connectivity index (χ4v) is 3.58. The van der Waals surface area contributed by atoms with Gasteiger partial charge in [0.1, 0.15) is 6.29 Å².